The normalized spacial score (nSPS) is 3.62. The monoisotopic (exact) mass is 118 g/mol. The molecule has 0 atom stereocenters. The summed E-state index contributed by atoms with van der Waals surface area (Å²) in [5, 5.41) is 2.92. The van der Waals surface area contributed by atoms with Gasteiger partial charge in [-0.2, -0.15) is 0 Å². The molecular weight excluding hydrogens is 104 g/mol. The number of nitrogens with two attached hydrogens (primary N) is 1. The van der Waals surface area contributed by atoms with Gasteiger partial charge in [-0.1, -0.05) is 19.0 Å². The molecular formula is C4H14N4. The van der Waals surface area contributed by atoms with Crippen LogP contribution >= 0.6 is 0 Å². The molecule has 0 aliphatic heterocycles. The van der Waals surface area contributed by atoms with Gasteiger partial charge in [0, 0.05) is 12.0 Å². The molecule has 0 bridgehead atoms. The van der Waals surface area contributed by atoms with Gasteiger partial charge >= 0.3 is 0 Å². The Balaban J connectivity index is -0.0000000542. The molecule has 0 aromatic rings. The van der Waals surface area contributed by atoms with E-state index in [1.807, 2.05) is 13.8 Å². The van der Waals surface area contributed by atoms with Crippen molar-refractivity contribution in [2.75, 3.05) is 14.1 Å². The van der Waals surface area contributed by atoms with E-state index in [0.29, 0.717) is 0 Å². The second-order valence-corrected chi connectivity index (χ2v) is 0.289. The summed E-state index contributed by atoms with van der Waals surface area (Å²) >= 11 is 0. The van der Waals surface area contributed by atoms with Crippen LogP contribution in [0.3, 0.4) is 0 Å². The molecule has 0 radical (unpaired) electrons. The van der Waals surface area contributed by atoms with Crippen molar-refractivity contribution in [2.24, 2.45) is 10.8 Å². The Hall–Kier alpha value is -0.730. The van der Waals surface area contributed by atoms with Crippen molar-refractivity contribution in [1.29, 1.82) is 0 Å². The molecule has 0 aliphatic rings. The summed E-state index contributed by atoms with van der Waals surface area (Å²) in [5.74, 6) is 0. The minimum atomic E-state index is 1.39. The van der Waals surface area contributed by atoms with E-state index in [0.717, 1.165) is 0 Å². The van der Waals surface area contributed by atoms with Gasteiger partial charge in [-0.3, -0.25) is 0 Å². The predicted octanol–water partition coefficient (Wildman–Crippen LogP) is 1.53. The highest BCUT2D eigenvalue weighted by molar-refractivity contribution is 4.30. The summed E-state index contributed by atoms with van der Waals surface area (Å²) in [6.07, 6.45) is 0. The molecule has 0 amide bonds. The van der Waals surface area contributed by atoms with Crippen molar-refractivity contribution >= 4 is 0 Å². The number of rotatable bonds is 0. The fourth-order valence-electron chi connectivity index (χ4n) is 0. The van der Waals surface area contributed by atoms with Crippen LogP contribution in [0, 0.1) is 0 Å². The highest BCUT2D eigenvalue weighted by Crippen LogP contribution is 1.46. The lowest BCUT2D eigenvalue weighted by molar-refractivity contribution is 1.40. The van der Waals surface area contributed by atoms with Crippen LogP contribution in [-0.2, 0) is 0 Å². The van der Waals surface area contributed by atoms with Crippen LogP contribution in [0.25, 0.3) is 10.4 Å². The summed E-state index contributed by atoms with van der Waals surface area (Å²) in [4.78, 5) is 2.36. The number of azide groups is 1. The van der Waals surface area contributed by atoms with Crippen LogP contribution in [0.4, 0.5) is 0 Å². The van der Waals surface area contributed by atoms with E-state index in [1.54, 1.807) is 0 Å². The molecule has 50 valence electrons. The molecule has 0 unspecified atom stereocenters. The SMILES string of the molecule is CC.CN.CN=[N+]=[N-]. The molecule has 0 saturated carbocycles. The molecule has 8 heavy (non-hydrogen) atoms. The van der Waals surface area contributed by atoms with Gasteiger partial charge in [0.05, 0.1) is 0 Å². The maximum absolute atomic E-state index is 7.33. The van der Waals surface area contributed by atoms with Gasteiger partial charge in [0.2, 0.25) is 0 Å². The van der Waals surface area contributed by atoms with E-state index in [9.17, 15) is 0 Å². The van der Waals surface area contributed by atoms with Crippen LogP contribution < -0.4 is 5.73 Å². The van der Waals surface area contributed by atoms with Gasteiger partial charge in [0.1, 0.15) is 0 Å². The van der Waals surface area contributed by atoms with Crippen molar-refractivity contribution in [2.45, 2.75) is 13.8 Å². The van der Waals surface area contributed by atoms with Gasteiger partial charge < -0.3 is 5.73 Å². The third-order valence-electron chi connectivity index (χ3n) is 0.0894. The lowest BCUT2D eigenvalue weighted by Crippen LogP contribution is -1.69. The van der Waals surface area contributed by atoms with Gasteiger partial charge in [-0.05, 0) is 12.6 Å². The topological polar surface area (TPSA) is 74.8 Å². The van der Waals surface area contributed by atoms with Crippen LogP contribution in [0.2, 0.25) is 0 Å². The molecule has 0 aromatic heterocycles. The molecule has 0 aromatic carbocycles. The Morgan fingerprint density at radius 2 is 1.50 bits per heavy atom. The first-order valence-electron chi connectivity index (χ1n) is 2.42. The van der Waals surface area contributed by atoms with Gasteiger partial charge in [0.15, 0.2) is 0 Å². The van der Waals surface area contributed by atoms with Gasteiger partial charge in [-0.25, -0.2) is 0 Å². The van der Waals surface area contributed by atoms with Crippen LogP contribution in [0.1, 0.15) is 13.8 Å². The van der Waals surface area contributed by atoms with E-state index in [-0.39, 0.29) is 0 Å². The highest BCUT2D eigenvalue weighted by Gasteiger charge is 1.27. The zero-order valence-electron chi connectivity index (χ0n) is 5.92. The first-order valence-corrected chi connectivity index (χ1v) is 2.42. The predicted molar refractivity (Wildman–Crippen MR) is 36.5 cm³/mol. The average molecular weight is 118 g/mol. The van der Waals surface area contributed by atoms with Crippen molar-refractivity contribution in [3.63, 3.8) is 0 Å². The second-order valence-electron chi connectivity index (χ2n) is 0.289. The summed E-state index contributed by atoms with van der Waals surface area (Å²) < 4.78 is 0. The minimum Gasteiger partial charge on any atom is -0.333 e. The fraction of sp³-hybridized carbons (Fsp3) is 1.00. The summed E-state index contributed by atoms with van der Waals surface area (Å²) in [7, 11) is 2.89. The molecule has 0 rings (SSSR count). The summed E-state index contributed by atoms with van der Waals surface area (Å²) in [6, 6.07) is 0. The Kier molecular flexibility index (Phi) is 212. The van der Waals surface area contributed by atoms with Gasteiger partial charge in [0.25, 0.3) is 0 Å². The molecule has 4 heteroatoms. The van der Waals surface area contributed by atoms with Gasteiger partial charge in [-0.15, -0.1) is 0 Å². The summed E-state index contributed by atoms with van der Waals surface area (Å²) in [5.41, 5.74) is 11.8. The lowest BCUT2D eigenvalue weighted by atomic mass is 11.0. The van der Waals surface area contributed by atoms with Crippen molar-refractivity contribution < 1.29 is 0 Å². The van der Waals surface area contributed by atoms with E-state index >= 15 is 0 Å². The Bertz CT molecular complexity index is 46.0. The summed E-state index contributed by atoms with van der Waals surface area (Å²) in [6.45, 7) is 4.00. The second kappa shape index (κ2) is 108. The number of hydrogen-bond donors (Lipinski definition) is 1. The third-order valence-corrected chi connectivity index (χ3v) is 0.0894. The van der Waals surface area contributed by atoms with Crippen LogP contribution in [-0.4, -0.2) is 14.1 Å². The minimum absolute atomic E-state index is 1.39. The zero-order valence-corrected chi connectivity index (χ0v) is 5.92. The lowest BCUT2D eigenvalue weighted by Gasteiger charge is -1.35. The van der Waals surface area contributed by atoms with Crippen molar-refractivity contribution in [1.82, 2.24) is 0 Å². The average Bonchev–Trinajstić information content (AvgIpc) is 1.96. The quantitative estimate of drug-likeness (QED) is 0.292. The standard InChI is InChI=1S/C2H6.CH3N3.CH5N/c1-2;1-3-4-2;1-2/h1-2H3;1H3;2H2,1H3. The molecule has 0 spiro atoms. The van der Waals surface area contributed by atoms with E-state index in [1.165, 1.54) is 14.1 Å². The Morgan fingerprint density at radius 3 is 1.50 bits per heavy atom. The van der Waals surface area contributed by atoms with E-state index in [2.05, 4.69) is 15.8 Å². The largest absolute Gasteiger partial charge is 0.333 e. The molecule has 0 saturated heterocycles. The maximum atomic E-state index is 7.33. The Labute approximate surface area is 50.3 Å². The number of hydrogen-bond acceptors (Lipinski definition) is 2. The van der Waals surface area contributed by atoms with Crippen molar-refractivity contribution in [3.05, 3.63) is 10.4 Å². The first kappa shape index (κ1) is 15.7. The smallest absolute Gasteiger partial charge is 0.0139 e. The molecule has 0 aliphatic carbocycles. The number of nitrogens with zero attached hydrogens (tertiary/aromatic N) is 3. The highest BCUT2D eigenvalue weighted by atomic mass is 15.1. The maximum Gasteiger partial charge on any atom is 0.0139 e. The van der Waals surface area contributed by atoms with Crippen LogP contribution in [0.5, 0.6) is 0 Å². The van der Waals surface area contributed by atoms with Crippen LogP contribution in [0.15, 0.2) is 5.11 Å². The first-order chi connectivity index (χ1) is 3.91. The molecule has 0 heterocycles. The Morgan fingerprint density at radius 1 is 1.38 bits per heavy atom. The van der Waals surface area contributed by atoms with Crippen molar-refractivity contribution in [3.8, 4) is 0 Å². The fourth-order valence-corrected chi connectivity index (χ4v) is 0. The molecule has 4 nitrogen and oxygen atoms in total. The molecule has 2 N–H and O–H groups in total. The zero-order chi connectivity index (χ0) is 7.41. The third kappa shape index (κ3) is 1320. The van der Waals surface area contributed by atoms with E-state index < -0.39 is 0 Å². The van der Waals surface area contributed by atoms with E-state index in [4.69, 9.17) is 5.53 Å². The molecule has 0 fully saturated rings.